The Kier molecular flexibility index (Phi) is 2.92. The molecule has 1 aromatic rings. The summed E-state index contributed by atoms with van der Waals surface area (Å²) >= 11 is 0. The van der Waals surface area contributed by atoms with Gasteiger partial charge >= 0.3 is 0 Å². The van der Waals surface area contributed by atoms with E-state index >= 15 is 0 Å². The van der Waals surface area contributed by atoms with Crippen LogP contribution in [-0.4, -0.2) is 6.54 Å². The molecule has 0 saturated heterocycles. The normalized spacial score (nSPS) is 8.31. The van der Waals surface area contributed by atoms with E-state index in [1.807, 2.05) is 6.07 Å². The Hall–Kier alpha value is -1.97. The van der Waals surface area contributed by atoms with Crippen LogP contribution >= 0.6 is 0 Å². The highest BCUT2D eigenvalue weighted by Gasteiger charge is 1.96. The summed E-state index contributed by atoms with van der Waals surface area (Å²) < 4.78 is 0. The Labute approximate surface area is 77.0 Å². The van der Waals surface area contributed by atoms with Gasteiger partial charge in [-0.05, 0) is 18.2 Å². The summed E-state index contributed by atoms with van der Waals surface area (Å²) in [4.78, 5) is 0. The molecule has 0 aliphatic carbocycles. The van der Waals surface area contributed by atoms with Crippen molar-refractivity contribution >= 4 is 5.69 Å². The van der Waals surface area contributed by atoms with Gasteiger partial charge in [-0.1, -0.05) is 11.8 Å². The predicted octanol–water partition coefficient (Wildman–Crippen LogP) is 0.451. The zero-order valence-electron chi connectivity index (χ0n) is 7.04. The molecule has 0 heterocycles. The number of anilines is 1. The third kappa shape index (κ3) is 2.23. The largest absolute Gasteiger partial charge is 0.398 e. The first kappa shape index (κ1) is 9.12. The van der Waals surface area contributed by atoms with Gasteiger partial charge in [0.2, 0.25) is 0 Å². The molecule has 0 saturated carbocycles. The van der Waals surface area contributed by atoms with Gasteiger partial charge in [-0.15, -0.1) is 0 Å². The van der Waals surface area contributed by atoms with Crippen LogP contribution in [0.25, 0.3) is 0 Å². The van der Waals surface area contributed by atoms with Gasteiger partial charge in [0.25, 0.3) is 0 Å². The molecule has 0 aromatic heterocycles. The third-order valence-corrected chi connectivity index (χ3v) is 1.51. The number of benzene rings is 1. The van der Waals surface area contributed by atoms with E-state index in [2.05, 4.69) is 11.8 Å². The molecule has 0 radical (unpaired) electrons. The Morgan fingerprint density at radius 3 is 2.69 bits per heavy atom. The fraction of sp³-hybridized carbons (Fsp3) is 0.100. The van der Waals surface area contributed by atoms with Crippen molar-refractivity contribution in [1.29, 1.82) is 5.26 Å². The van der Waals surface area contributed by atoms with Crippen LogP contribution in [-0.2, 0) is 0 Å². The number of nitriles is 1. The van der Waals surface area contributed by atoms with Crippen LogP contribution in [0.5, 0.6) is 0 Å². The monoisotopic (exact) mass is 171 g/mol. The summed E-state index contributed by atoms with van der Waals surface area (Å²) in [6.07, 6.45) is 0. The summed E-state index contributed by atoms with van der Waals surface area (Å²) in [7, 11) is 0. The Bertz CT molecular complexity index is 404. The molecule has 3 nitrogen and oxygen atoms in total. The van der Waals surface area contributed by atoms with E-state index in [4.69, 9.17) is 16.7 Å². The Balaban J connectivity index is 3.04. The summed E-state index contributed by atoms with van der Waals surface area (Å²) in [5.41, 5.74) is 12.5. The molecule has 4 N–H and O–H groups in total. The van der Waals surface area contributed by atoms with E-state index in [9.17, 15) is 0 Å². The predicted molar refractivity (Wildman–Crippen MR) is 51.5 cm³/mol. The van der Waals surface area contributed by atoms with E-state index in [1.54, 1.807) is 18.2 Å². The second-order valence-electron chi connectivity index (χ2n) is 2.42. The lowest BCUT2D eigenvalue weighted by atomic mass is 10.1. The van der Waals surface area contributed by atoms with Gasteiger partial charge in [0.05, 0.1) is 17.8 Å². The second-order valence-corrected chi connectivity index (χ2v) is 2.42. The van der Waals surface area contributed by atoms with Crippen LogP contribution in [0.4, 0.5) is 5.69 Å². The zero-order chi connectivity index (χ0) is 9.68. The average Bonchev–Trinajstić information content (AvgIpc) is 2.15. The fourth-order valence-corrected chi connectivity index (χ4v) is 0.895. The lowest BCUT2D eigenvalue weighted by Crippen LogP contribution is -1.94. The average molecular weight is 171 g/mol. The first-order valence-corrected chi connectivity index (χ1v) is 3.76. The van der Waals surface area contributed by atoms with Crippen LogP contribution in [0.2, 0.25) is 0 Å². The minimum Gasteiger partial charge on any atom is -0.398 e. The van der Waals surface area contributed by atoms with E-state index in [1.165, 1.54) is 0 Å². The lowest BCUT2D eigenvalue weighted by molar-refractivity contribution is 1.30. The van der Waals surface area contributed by atoms with Crippen LogP contribution in [0.1, 0.15) is 11.1 Å². The van der Waals surface area contributed by atoms with Crippen LogP contribution < -0.4 is 11.5 Å². The number of nitrogens with two attached hydrogens (primary N) is 2. The Morgan fingerprint density at radius 2 is 2.15 bits per heavy atom. The molecule has 3 heteroatoms. The van der Waals surface area contributed by atoms with Crippen molar-refractivity contribution in [3.8, 4) is 17.9 Å². The van der Waals surface area contributed by atoms with Gasteiger partial charge in [0, 0.05) is 5.56 Å². The molecule has 0 atom stereocenters. The molecule has 0 amide bonds. The molecular formula is C10H9N3. The maximum absolute atomic E-state index is 8.60. The van der Waals surface area contributed by atoms with Crippen LogP contribution in [0.3, 0.4) is 0 Å². The molecule has 0 spiro atoms. The number of nitrogen functional groups attached to an aromatic ring is 1. The van der Waals surface area contributed by atoms with Crippen LogP contribution in [0, 0.1) is 23.2 Å². The maximum Gasteiger partial charge on any atom is 0.101 e. The van der Waals surface area contributed by atoms with Crippen molar-refractivity contribution in [3.05, 3.63) is 29.3 Å². The van der Waals surface area contributed by atoms with Gasteiger partial charge in [-0.25, -0.2) is 0 Å². The zero-order valence-corrected chi connectivity index (χ0v) is 7.04. The molecule has 0 fully saturated rings. The lowest BCUT2D eigenvalue weighted by Gasteiger charge is -1.96. The first-order chi connectivity index (χ1) is 6.27. The standard InChI is InChI=1S/C10H9N3/c11-5-1-2-8-3-4-9(7-12)10(13)6-8/h3-4,6H,5,11,13H2. The summed E-state index contributed by atoms with van der Waals surface area (Å²) in [5.74, 6) is 5.54. The van der Waals surface area contributed by atoms with E-state index < -0.39 is 0 Å². The van der Waals surface area contributed by atoms with Crippen molar-refractivity contribution in [3.63, 3.8) is 0 Å². The van der Waals surface area contributed by atoms with Crippen molar-refractivity contribution in [1.82, 2.24) is 0 Å². The fourth-order valence-electron chi connectivity index (χ4n) is 0.895. The molecule has 0 unspecified atom stereocenters. The molecule has 1 rings (SSSR count). The summed E-state index contributed by atoms with van der Waals surface area (Å²) in [6.45, 7) is 0.319. The van der Waals surface area contributed by atoms with E-state index in [-0.39, 0.29) is 0 Å². The van der Waals surface area contributed by atoms with Gasteiger partial charge in [-0.3, -0.25) is 0 Å². The maximum atomic E-state index is 8.60. The highest BCUT2D eigenvalue weighted by Crippen LogP contribution is 2.11. The first-order valence-electron chi connectivity index (χ1n) is 3.76. The SMILES string of the molecule is N#Cc1ccc(C#CCN)cc1N. The molecule has 1 aromatic carbocycles. The topological polar surface area (TPSA) is 75.8 Å². The molecule has 0 bridgehead atoms. The van der Waals surface area contributed by atoms with Gasteiger partial charge < -0.3 is 11.5 Å². The molecule has 0 aliphatic rings. The molecule has 0 aliphatic heterocycles. The second kappa shape index (κ2) is 4.15. The number of hydrogen-bond donors (Lipinski definition) is 2. The van der Waals surface area contributed by atoms with Crippen molar-refractivity contribution < 1.29 is 0 Å². The van der Waals surface area contributed by atoms with Crippen molar-refractivity contribution in [2.24, 2.45) is 5.73 Å². The van der Waals surface area contributed by atoms with Gasteiger partial charge in [0.15, 0.2) is 0 Å². The third-order valence-electron chi connectivity index (χ3n) is 1.51. The number of hydrogen-bond acceptors (Lipinski definition) is 3. The van der Waals surface area contributed by atoms with Crippen molar-refractivity contribution in [2.75, 3.05) is 12.3 Å². The molecule has 64 valence electrons. The van der Waals surface area contributed by atoms with Crippen LogP contribution in [0.15, 0.2) is 18.2 Å². The number of rotatable bonds is 0. The summed E-state index contributed by atoms with van der Waals surface area (Å²) in [5, 5.41) is 8.60. The minimum absolute atomic E-state index is 0.319. The van der Waals surface area contributed by atoms with Gasteiger partial charge in [0.1, 0.15) is 6.07 Å². The Morgan fingerprint density at radius 1 is 1.38 bits per heavy atom. The summed E-state index contributed by atoms with van der Waals surface area (Å²) in [6, 6.07) is 7.04. The quantitative estimate of drug-likeness (QED) is 0.439. The van der Waals surface area contributed by atoms with E-state index in [0.717, 1.165) is 5.56 Å². The number of nitrogens with zero attached hydrogens (tertiary/aromatic N) is 1. The molecular weight excluding hydrogens is 162 g/mol. The highest BCUT2D eigenvalue weighted by atomic mass is 14.6. The molecule has 13 heavy (non-hydrogen) atoms. The highest BCUT2D eigenvalue weighted by molar-refractivity contribution is 5.58. The minimum atomic E-state index is 0.319. The van der Waals surface area contributed by atoms with Gasteiger partial charge in [-0.2, -0.15) is 5.26 Å². The van der Waals surface area contributed by atoms with Crippen molar-refractivity contribution in [2.45, 2.75) is 0 Å². The smallest absolute Gasteiger partial charge is 0.101 e. The van der Waals surface area contributed by atoms with E-state index in [0.29, 0.717) is 17.8 Å².